The second-order valence-corrected chi connectivity index (χ2v) is 3.76. The fraction of sp³-hybridized carbons (Fsp3) is 0.0833. The molecule has 0 aliphatic heterocycles. The molecule has 0 spiro atoms. The van der Waals surface area contributed by atoms with Gasteiger partial charge in [0.2, 0.25) is 0 Å². The minimum atomic E-state index is -0.447. The van der Waals surface area contributed by atoms with Gasteiger partial charge in [-0.3, -0.25) is 4.98 Å². The van der Waals surface area contributed by atoms with Crippen LogP contribution < -0.4 is 5.73 Å². The van der Waals surface area contributed by atoms with Gasteiger partial charge in [0.05, 0.1) is 10.7 Å². The van der Waals surface area contributed by atoms with E-state index in [-0.39, 0.29) is 5.02 Å². The zero-order valence-corrected chi connectivity index (χ0v) is 9.21. The maximum Gasteiger partial charge on any atom is 0.151 e. The molecule has 4 heteroatoms. The van der Waals surface area contributed by atoms with Crippen LogP contribution >= 0.6 is 11.6 Å². The third-order valence-electron chi connectivity index (χ3n) is 2.29. The van der Waals surface area contributed by atoms with Gasteiger partial charge in [0.25, 0.3) is 0 Å². The lowest BCUT2D eigenvalue weighted by atomic mass is 10.1. The van der Waals surface area contributed by atoms with Gasteiger partial charge in [-0.2, -0.15) is 0 Å². The van der Waals surface area contributed by atoms with Gasteiger partial charge in [0.15, 0.2) is 5.82 Å². The summed E-state index contributed by atoms with van der Waals surface area (Å²) in [7, 11) is 0. The first-order chi connectivity index (χ1) is 7.72. The fourth-order valence-corrected chi connectivity index (χ4v) is 1.58. The molecule has 2 rings (SSSR count). The summed E-state index contributed by atoms with van der Waals surface area (Å²) in [6.45, 7) is 0.422. The van der Waals surface area contributed by atoms with E-state index in [1.807, 2.05) is 6.07 Å². The first kappa shape index (κ1) is 11.0. The van der Waals surface area contributed by atoms with Gasteiger partial charge in [-0.15, -0.1) is 0 Å². The van der Waals surface area contributed by atoms with E-state index in [0.29, 0.717) is 17.8 Å². The van der Waals surface area contributed by atoms with Gasteiger partial charge in [0.1, 0.15) is 0 Å². The Hall–Kier alpha value is -1.45. The predicted molar refractivity (Wildman–Crippen MR) is 62.5 cm³/mol. The molecular formula is C12H10ClFN2. The highest BCUT2D eigenvalue weighted by atomic mass is 35.5. The molecule has 0 unspecified atom stereocenters. The molecule has 0 bridgehead atoms. The number of halogens is 2. The fourth-order valence-electron chi connectivity index (χ4n) is 1.41. The number of nitrogens with two attached hydrogens (primary N) is 1. The Morgan fingerprint density at radius 1 is 1.25 bits per heavy atom. The number of nitrogens with zero attached hydrogens (tertiary/aromatic N) is 1. The number of hydrogen-bond donors (Lipinski definition) is 1. The van der Waals surface area contributed by atoms with Crippen LogP contribution in [0.3, 0.4) is 0 Å². The topological polar surface area (TPSA) is 38.9 Å². The van der Waals surface area contributed by atoms with Crippen molar-refractivity contribution >= 4 is 11.6 Å². The van der Waals surface area contributed by atoms with Crippen LogP contribution in [-0.4, -0.2) is 4.98 Å². The van der Waals surface area contributed by atoms with E-state index in [1.54, 1.807) is 24.4 Å². The number of hydrogen-bond acceptors (Lipinski definition) is 2. The normalized spacial score (nSPS) is 10.4. The molecule has 0 amide bonds. The Morgan fingerprint density at radius 3 is 2.69 bits per heavy atom. The second kappa shape index (κ2) is 4.60. The minimum absolute atomic E-state index is 0.0993. The minimum Gasteiger partial charge on any atom is -0.326 e. The Bertz CT molecular complexity index is 497. The predicted octanol–water partition coefficient (Wildman–Crippen LogP) is 3.00. The largest absolute Gasteiger partial charge is 0.326 e. The van der Waals surface area contributed by atoms with E-state index in [0.717, 1.165) is 5.56 Å². The summed E-state index contributed by atoms with van der Waals surface area (Å²) < 4.78 is 13.7. The van der Waals surface area contributed by atoms with Crippen molar-refractivity contribution < 1.29 is 4.39 Å². The van der Waals surface area contributed by atoms with Gasteiger partial charge >= 0.3 is 0 Å². The van der Waals surface area contributed by atoms with Gasteiger partial charge < -0.3 is 5.73 Å². The summed E-state index contributed by atoms with van der Waals surface area (Å²) in [5.41, 5.74) is 7.32. The Kier molecular flexibility index (Phi) is 3.17. The molecule has 0 aliphatic rings. The lowest BCUT2D eigenvalue weighted by Crippen LogP contribution is -1.97. The standard InChI is InChI=1S/C12H10ClFN2/c13-10-3-1-2-9(12(10)14)11-5-4-8(6-15)7-16-11/h1-5,7H,6,15H2. The van der Waals surface area contributed by atoms with Crippen LogP contribution in [0.1, 0.15) is 5.56 Å². The molecule has 82 valence electrons. The zero-order chi connectivity index (χ0) is 11.5. The van der Waals surface area contributed by atoms with E-state index in [2.05, 4.69) is 4.98 Å². The molecule has 1 aromatic heterocycles. The zero-order valence-electron chi connectivity index (χ0n) is 8.45. The first-order valence-electron chi connectivity index (χ1n) is 4.81. The average Bonchev–Trinajstić information content (AvgIpc) is 2.33. The number of benzene rings is 1. The molecule has 2 aromatic rings. The molecule has 0 radical (unpaired) electrons. The summed E-state index contributed by atoms with van der Waals surface area (Å²) in [4.78, 5) is 4.14. The van der Waals surface area contributed by atoms with Crippen LogP contribution in [0.15, 0.2) is 36.5 Å². The molecule has 0 saturated carbocycles. The molecule has 0 aliphatic carbocycles. The summed E-state index contributed by atoms with van der Waals surface area (Å²) >= 11 is 5.70. The quantitative estimate of drug-likeness (QED) is 0.871. The summed E-state index contributed by atoms with van der Waals surface area (Å²) in [5, 5.41) is 0.0993. The van der Waals surface area contributed by atoms with Crippen LogP contribution in [0.4, 0.5) is 4.39 Å². The van der Waals surface area contributed by atoms with Gasteiger partial charge in [-0.25, -0.2) is 4.39 Å². The number of pyridine rings is 1. The van der Waals surface area contributed by atoms with Crippen LogP contribution in [0.2, 0.25) is 5.02 Å². The van der Waals surface area contributed by atoms with Crippen molar-refractivity contribution in [3.63, 3.8) is 0 Å². The maximum atomic E-state index is 13.7. The highest BCUT2D eigenvalue weighted by molar-refractivity contribution is 6.31. The Balaban J connectivity index is 2.46. The van der Waals surface area contributed by atoms with Gasteiger partial charge in [-0.1, -0.05) is 23.7 Å². The van der Waals surface area contributed by atoms with Crippen LogP contribution in [-0.2, 0) is 6.54 Å². The van der Waals surface area contributed by atoms with E-state index in [4.69, 9.17) is 17.3 Å². The summed E-state index contributed by atoms with van der Waals surface area (Å²) in [5.74, 6) is -0.447. The van der Waals surface area contributed by atoms with Crippen molar-refractivity contribution in [2.24, 2.45) is 5.73 Å². The van der Waals surface area contributed by atoms with Crippen molar-refractivity contribution in [1.29, 1.82) is 0 Å². The lowest BCUT2D eigenvalue weighted by Gasteiger charge is -2.04. The first-order valence-corrected chi connectivity index (χ1v) is 5.19. The van der Waals surface area contributed by atoms with Gasteiger partial charge in [0, 0.05) is 18.3 Å². The maximum absolute atomic E-state index is 13.7. The van der Waals surface area contributed by atoms with Crippen LogP contribution in [0.25, 0.3) is 11.3 Å². The second-order valence-electron chi connectivity index (χ2n) is 3.36. The summed E-state index contributed by atoms with van der Waals surface area (Å²) in [6, 6.07) is 8.40. The highest BCUT2D eigenvalue weighted by Crippen LogP contribution is 2.25. The number of aromatic nitrogens is 1. The van der Waals surface area contributed by atoms with Crippen LogP contribution in [0.5, 0.6) is 0 Å². The molecule has 0 saturated heterocycles. The molecule has 0 fully saturated rings. The molecule has 2 nitrogen and oxygen atoms in total. The van der Waals surface area contributed by atoms with E-state index in [9.17, 15) is 4.39 Å². The Labute approximate surface area is 97.9 Å². The molecule has 2 N–H and O–H groups in total. The molecule has 1 heterocycles. The smallest absolute Gasteiger partial charge is 0.151 e. The van der Waals surface area contributed by atoms with Crippen molar-refractivity contribution in [2.75, 3.05) is 0 Å². The molecular weight excluding hydrogens is 227 g/mol. The number of rotatable bonds is 2. The molecule has 0 atom stereocenters. The monoisotopic (exact) mass is 236 g/mol. The van der Waals surface area contributed by atoms with Gasteiger partial charge in [-0.05, 0) is 23.8 Å². The van der Waals surface area contributed by atoms with E-state index < -0.39 is 5.82 Å². The highest BCUT2D eigenvalue weighted by Gasteiger charge is 2.08. The third kappa shape index (κ3) is 2.05. The van der Waals surface area contributed by atoms with Crippen molar-refractivity contribution in [2.45, 2.75) is 6.54 Å². The third-order valence-corrected chi connectivity index (χ3v) is 2.58. The van der Waals surface area contributed by atoms with Crippen molar-refractivity contribution in [1.82, 2.24) is 4.98 Å². The van der Waals surface area contributed by atoms with E-state index in [1.165, 1.54) is 6.07 Å². The van der Waals surface area contributed by atoms with E-state index >= 15 is 0 Å². The molecule has 16 heavy (non-hydrogen) atoms. The SMILES string of the molecule is NCc1ccc(-c2cccc(Cl)c2F)nc1. The molecule has 1 aromatic carbocycles. The lowest BCUT2D eigenvalue weighted by molar-refractivity contribution is 0.631. The van der Waals surface area contributed by atoms with Crippen molar-refractivity contribution in [3.8, 4) is 11.3 Å². The van der Waals surface area contributed by atoms with Crippen molar-refractivity contribution in [3.05, 3.63) is 52.9 Å². The summed E-state index contributed by atoms with van der Waals surface area (Å²) in [6.07, 6.45) is 1.63. The Morgan fingerprint density at radius 2 is 2.06 bits per heavy atom. The van der Waals surface area contributed by atoms with Crippen LogP contribution in [0, 0.1) is 5.82 Å². The average molecular weight is 237 g/mol.